The lowest BCUT2D eigenvalue weighted by Gasteiger charge is -2.39. The maximum atomic E-state index is 13.0. The van der Waals surface area contributed by atoms with Gasteiger partial charge in [-0.15, -0.1) is 0 Å². The van der Waals surface area contributed by atoms with E-state index in [9.17, 15) is 14.4 Å². The van der Waals surface area contributed by atoms with Crippen molar-refractivity contribution >= 4 is 23.4 Å². The van der Waals surface area contributed by atoms with Crippen LogP contribution in [0.2, 0.25) is 0 Å². The third-order valence-electron chi connectivity index (χ3n) is 6.82. The van der Waals surface area contributed by atoms with Gasteiger partial charge in [0, 0.05) is 57.4 Å². The zero-order valence-electron chi connectivity index (χ0n) is 17.8. The van der Waals surface area contributed by atoms with Gasteiger partial charge < -0.3 is 19.3 Å². The summed E-state index contributed by atoms with van der Waals surface area (Å²) >= 11 is 0. The van der Waals surface area contributed by atoms with E-state index in [4.69, 9.17) is 9.47 Å². The molecule has 0 spiro atoms. The number of amides is 3. The monoisotopic (exact) mass is 415 g/mol. The highest BCUT2D eigenvalue weighted by atomic mass is 16.7. The van der Waals surface area contributed by atoms with Crippen LogP contribution >= 0.6 is 0 Å². The molecule has 8 nitrogen and oxygen atoms in total. The Morgan fingerprint density at radius 2 is 1.83 bits per heavy atom. The number of methoxy groups -OCH3 is 2. The van der Waals surface area contributed by atoms with E-state index in [0.29, 0.717) is 24.4 Å². The topological polar surface area (TPSA) is 88.2 Å². The molecular formula is C22H29N3O5. The predicted molar refractivity (Wildman–Crippen MR) is 110 cm³/mol. The van der Waals surface area contributed by atoms with Crippen LogP contribution in [0, 0.1) is 5.92 Å². The number of hydrogen-bond donors (Lipinski definition) is 1. The minimum absolute atomic E-state index is 0.148. The zero-order valence-corrected chi connectivity index (χ0v) is 17.8. The molecule has 8 heteroatoms. The molecule has 1 N–H and O–H groups in total. The SMILES string of the molecule is COC(OC)C1CCN(c2ccc3c(c2)CN(C2(C)CCC(=O)NC2=O)C3=O)CC1. The summed E-state index contributed by atoms with van der Waals surface area (Å²) in [6.45, 7) is 3.91. The summed E-state index contributed by atoms with van der Waals surface area (Å²) in [7, 11) is 3.35. The molecule has 1 unspecified atom stereocenters. The molecule has 1 aromatic carbocycles. The summed E-state index contributed by atoms with van der Waals surface area (Å²) < 4.78 is 10.8. The van der Waals surface area contributed by atoms with Crippen molar-refractivity contribution in [3.8, 4) is 0 Å². The van der Waals surface area contributed by atoms with Crippen molar-refractivity contribution in [2.75, 3.05) is 32.2 Å². The van der Waals surface area contributed by atoms with Crippen molar-refractivity contribution in [3.05, 3.63) is 29.3 Å². The molecule has 3 aliphatic heterocycles. The van der Waals surface area contributed by atoms with Crippen molar-refractivity contribution in [1.82, 2.24) is 10.2 Å². The molecular weight excluding hydrogens is 386 g/mol. The fourth-order valence-corrected chi connectivity index (χ4v) is 4.87. The minimum atomic E-state index is -1.00. The molecule has 3 amide bonds. The number of piperidine rings is 2. The predicted octanol–water partition coefficient (Wildman–Crippen LogP) is 1.67. The van der Waals surface area contributed by atoms with Gasteiger partial charge in [0.2, 0.25) is 5.91 Å². The summed E-state index contributed by atoms with van der Waals surface area (Å²) in [6.07, 6.45) is 2.36. The number of hydrogen-bond acceptors (Lipinski definition) is 6. The number of carbonyl (C=O) groups excluding carboxylic acids is 3. The van der Waals surface area contributed by atoms with Gasteiger partial charge in [0.25, 0.3) is 11.8 Å². The first-order valence-electron chi connectivity index (χ1n) is 10.5. The lowest BCUT2D eigenvalue weighted by Crippen LogP contribution is -2.61. The van der Waals surface area contributed by atoms with Crippen LogP contribution in [-0.2, 0) is 25.6 Å². The Labute approximate surface area is 176 Å². The molecule has 3 heterocycles. The highest BCUT2D eigenvalue weighted by molar-refractivity contribution is 6.07. The Bertz CT molecular complexity index is 860. The number of fused-ring (bicyclic) bond motifs is 1. The van der Waals surface area contributed by atoms with E-state index in [1.54, 1.807) is 26.0 Å². The third kappa shape index (κ3) is 3.48. The van der Waals surface area contributed by atoms with Gasteiger partial charge >= 0.3 is 0 Å². The van der Waals surface area contributed by atoms with Crippen LogP contribution in [0.3, 0.4) is 0 Å². The van der Waals surface area contributed by atoms with Crippen LogP contribution in [0.1, 0.15) is 48.5 Å². The Morgan fingerprint density at radius 3 is 2.47 bits per heavy atom. The third-order valence-corrected chi connectivity index (χ3v) is 6.82. The van der Waals surface area contributed by atoms with Crippen molar-refractivity contribution in [2.24, 2.45) is 5.92 Å². The molecule has 1 atom stereocenters. The molecule has 0 saturated carbocycles. The van der Waals surface area contributed by atoms with Gasteiger partial charge in [-0.1, -0.05) is 0 Å². The number of nitrogens with zero attached hydrogens (tertiary/aromatic N) is 2. The van der Waals surface area contributed by atoms with Gasteiger partial charge in [-0.25, -0.2) is 0 Å². The first-order valence-corrected chi connectivity index (χ1v) is 10.5. The first-order chi connectivity index (χ1) is 14.4. The van der Waals surface area contributed by atoms with Crippen LogP contribution in [0.4, 0.5) is 5.69 Å². The zero-order chi connectivity index (χ0) is 21.5. The number of ether oxygens (including phenoxy) is 2. The van der Waals surface area contributed by atoms with Crippen molar-refractivity contribution in [1.29, 1.82) is 0 Å². The van der Waals surface area contributed by atoms with E-state index < -0.39 is 11.4 Å². The Kier molecular flexibility index (Phi) is 5.55. The number of carbonyl (C=O) groups is 3. The molecule has 0 bridgehead atoms. The maximum Gasteiger partial charge on any atom is 0.255 e. The largest absolute Gasteiger partial charge is 0.372 e. The minimum Gasteiger partial charge on any atom is -0.372 e. The van der Waals surface area contributed by atoms with Crippen LogP contribution in [0.15, 0.2) is 18.2 Å². The van der Waals surface area contributed by atoms with Gasteiger partial charge in [0.15, 0.2) is 6.29 Å². The molecule has 162 valence electrons. The molecule has 2 saturated heterocycles. The summed E-state index contributed by atoms with van der Waals surface area (Å²) in [4.78, 5) is 41.0. The van der Waals surface area contributed by atoms with E-state index in [-0.39, 0.29) is 24.5 Å². The van der Waals surface area contributed by atoms with Gasteiger partial charge in [0.05, 0.1) is 0 Å². The molecule has 30 heavy (non-hydrogen) atoms. The standard InChI is InChI=1S/C22H29N3O5/c1-22(9-6-18(26)23-21(22)28)25-13-15-12-16(4-5-17(15)19(25)27)24-10-7-14(8-11-24)20(29-2)30-3/h4-5,12,14,20H,6-11,13H2,1-3H3,(H,23,26,28). The normalized spacial score (nSPS) is 25.1. The van der Waals surface area contributed by atoms with Crippen molar-refractivity contribution in [2.45, 2.75) is 51.0 Å². The lowest BCUT2D eigenvalue weighted by atomic mass is 9.89. The van der Waals surface area contributed by atoms with Gasteiger partial charge in [-0.2, -0.15) is 0 Å². The average Bonchev–Trinajstić information content (AvgIpc) is 3.09. The Balaban J connectivity index is 1.48. The highest BCUT2D eigenvalue weighted by Gasteiger charge is 2.48. The Morgan fingerprint density at radius 1 is 1.13 bits per heavy atom. The van der Waals surface area contributed by atoms with E-state index >= 15 is 0 Å². The molecule has 4 rings (SSSR count). The number of rotatable bonds is 5. The van der Waals surface area contributed by atoms with Crippen LogP contribution in [-0.4, -0.2) is 61.8 Å². The number of nitrogens with one attached hydrogen (secondary N) is 1. The number of anilines is 1. The number of imide groups is 1. The van der Waals surface area contributed by atoms with E-state index in [0.717, 1.165) is 37.2 Å². The molecule has 3 aliphatic rings. The van der Waals surface area contributed by atoms with Gasteiger partial charge in [-0.3, -0.25) is 19.7 Å². The van der Waals surface area contributed by atoms with Gasteiger partial charge in [0.1, 0.15) is 5.54 Å². The summed E-state index contributed by atoms with van der Waals surface area (Å²) in [6, 6.07) is 5.91. The van der Waals surface area contributed by atoms with Crippen LogP contribution in [0.5, 0.6) is 0 Å². The van der Waals surface area contributed by atoms with E-state index in [1.165, 1.54) is 0 Å². The fourth-order valence-electron chi connectivity index (χ4n) is 4.87. The number of benzene rings is 1. The second-order valence-corrected chi connectivity index (χ2v) is 8.55. The van der Waals surface area contributed by atoms with Crippen LogP contribution in [0.25, 0.3) is 0 Å². The van der Waals surface area contributed by atoms with Gasteiger partial charge in [-0.05, 0) is 49.9 Å². The molecule has 1 aromatic rings. The second kappa shape index (κ2) is 8.00. The lowest BCUT2D eigenvalue weighted by molar-refractivity contribution is -0.142. The summed E-state index contributed by atoms with van der Waals surface area (Å²) in [5.74, 6) is -0.454. The Hall–Kier alpha value is -2.45. The average molecular weight is 415 g/mol. The molecule has 0 radical (unpaired) electrons. The molecule has 2 fully saturated rings. The molecule has 0 aliphatic carbocycles. The molecule has 0 aromatic heterocycles. The second-order valence-electron chi connectivity index (χ2n) is 8.55. The van der Waals surface area contributed by atoms with Crippen LogP contribution < -0.4 is 10.2 Å². The van der Waals surface area contributed by atoms with E-state index in [2.05, 4.69) is 16.3 Å². The fraction of sp³-hybridized carbons (Fsp3) is 0.591. The summed E-state index contributed by atoms with van der Waals surface area (Å²) in [5, 5.41) is 2.38. The summed E-state index contributed by atoms with van der Waals surface area (Å²) in [5.41, 5.74) is 1.65. The maximum absolute atomic E-state index is 13.0. The first kappa shape index (κ1) is 20.8. The van der Waals surface area contributed by atoms with Crippen molar-refractivity contribution in [3.63, 3.8) is 0 Å². The highest BCUT2D eigenvalue weighted by Crippen LogP contribution is 2.36. The van der Waals surface area contributed by atoms with Crippen molar-refractivity contribution < 1.29 is 23.9 Å². The smallest absolute Gasteiger partial charge is 0.255 e. The quantitative estimate of drug-likeness (QED) is 0.581. The van der Waals surface area contributed by atoms with E-state index in [1.807, 2.05) is 12.1 Å².